The summed E-state index contributed by atoms with van der Waals surface area (Å²) >= 11 is 14.9. The van der Waals surface area contributed by atoms with Crippen molar-refractivity contribution >= 4 is 61.3 Å². The highest BCUT2D eigenvalue weighted by Gasteiger charge is 2.49. The van der Waals surface area contributed by atoms with Crippen LogP contribution in [0.2, 0.25) is 10.0 Å². The van der Waals surface area contributed by atoms with E-state index in [-0.39, 0.29) is 34.3 Å². The average Bonchev–Trinajstić information content (AvgIpc) is 3.70. The molecule has 4 atom stereocenters. The molecule has 3 unspecified atom stereocenters. The lowest BCUT2D eigenvalue weighted by molar-refractivity contribution is 0.107. The maximum atomic E-state index is 16.7. The van der Waals surface area contributed by atoms with Crippen LogP contribution in [0, 0.1) is 5.82 Å². The van der Waals surface area contributed by atoms with Crippen molar-refractivity contribution < 1.29 is 13.5 Å². The first-order valence-corrected chi connectivity index (χ1v) is 15.9. The van der Waals surface area contributed by atoms with Crippen LogP contribution in [0.5, 0.6) is 6.01 Å². The van der Waals surface area contributed by atoms with Gasteiger partial charge in [0.15, 0.2) is 5.82 Å². The van der Waals surface area contributed by atoms with Crippen LogP contribution in [0.3, 0.4) is 0 Å². The van der Waals surface area contributed by atoms with Crippen molar-refractivity contribution in [3.8, 4) is 17.1 Å². The molecule has 4 aliphatic heterocycles. The molecule has 0 aliphatic carbocycles. The van der Waals surface area contributed by atoms with E-state index in [9.17, 15) is 4.39 Å². The fourth-order valence-electron chi connectivity index (χ4n) is 7.59. The van der Waals surface area contributed by atoms with Crippen LogP contribution in [-0.2, 0) is 0 Å². The second-order valence-corrected chi connectivity index (χ2v) is 13.7. The van der Waals surface area contributed by atoms with E-state index in [0.29, 0.717) is 46.8 Å². The number of hydrogen-bond donors (Lipinski definition) is 1. The largest absolute Gasteiger partial charge is 0.461 e. The smallest absolute Gasteiger partial charge is 0.319 e. The van der Waals surface area contributed by atoms with Gasteiger partial charge in [0.25, 0.3) is 0 Å². The van der Waals surface area contributed by atoms with Gasteiger partial charge in [-0.1, -0.05) is 35.3 Å². The minimum atomic E-state index is -0.864. The van der Waals surface area contributed by atoms with Gasteiger partial charge in [0, 0.05) is 64.6 Å². The summed E-state index contributed by atoms with van der Waals surface area (Å²) in [4.78, 5) is 13.9. The number of halogens is 4. The van der Waals surface area contributed by atoms with E-state index in [1.165, 1.54) is 11.3 Å². The molecule has 0 radical (unpaired) electrons. The van der Waals surface area contributed by atoms with E-state index < -0.39 is 12.0 Å². The number of fused-ring (bicyclic) bond motifs is 5. The molecule has 2 aromatic carbocycles. The highest BCUT2D eigenvalue weighted by Crippen LogP contribution is 2.45. The zero-order chi connectivity index (χ0) is 27.9. The molecule has 41 heavy (non-hydrogen) atoms. The minimum Gasteiger partial charge on any atom is -0.461 e. The monoisotopic (exact) mass is 615 g/mol. The van der Waals surface area contributed by atoms with E-state index in [1.807, 2.05) is 23.6 Å². The standard InChI is InChI=1S/C30H29Cl2F2N5OS/c31-21-9-20-27(26(34)25(21)19-3-1-4-23-24(19)22(32)14-41-23)36-29(37-28(20)38-12-17-5-6-18(13-38)35-17)40-15-30-7-2-8-39(30)11-16(33)10-30/h1,3-4,9,14,16-18,35H,2,5-8,10-13,15H2/t16?,17?,18?,30-/m0/s1. The Morgan fingerprint density at radius 2 is 1.95 bits per heavy atom. The molecule has 8 rings (SSSR count). The van der Waals surface area contributed by atoms with Crippen LogP contribution in [0.4, 0.5) is 14.6 Å². The fraction of sp³-hybridized carbons (Fsp3) is 0.467. The number of rotatable bonds is 5. The molecule has 6 heterocycles. The van der Waals surface area contributed by atoms with Crippen LogP contribution in [0.25, 0.3) is 32.1 Å². The third kappa shape index (κ3) is 4.30. The molecule has 0 amide bonds. The number of aromatic nitrogens is 2. The van der Waals surface area contributed by atoms with Gasteiger partial charge in [0.1, 0.15) is 24.1 Å². The molecule has 2 bridgehead atoms. The van der Waals surface area contributed by atoms with Crippen LogP contribution < -0.4 is 15.0 Å². The van der Waals surface area contributed by atoms with Gasteiger partial charge in [-0.25, -0.2) is 8.78 Å². The fourth-order valence-corrected chi connectivity index (χ4v) is 9.12. The molecule has 1 N–H and O–H groups in total. The Bertz CT molecular complexity index is 1670. The predicted octanol–water partition coefficient (Wildman–Crippen LogP) is 6.85. The Morgan fingerprint density at radius 3 is 2.78 bits per heavy atom. The van der Waals surface area contributed by atoms with E-state index in [1.54, 1.807) is 6.07 Å². The van der Waals surface area contributed by atoms with E-state index in [2.05, 4.69) is 20.1 Å². The van der Waals surface area contributed by atoms with Crippen molar-refractivity contribution in [1.29, 1.82) is 0 Å². The van der Waals surface area contributed by atoms with Gasteiger partial charge in [0.05, 0.1) is 15.6 Å². The lowest BCUT2D eigenvalue weighted by Gasteiger charge is -2.34. The maximum absolute atomic E-state index is 16.7. The van der Waals surface area contributed by atoms with Gasteiger partial charge in [-0.15, -0.1) is 11.3 Å². The van der Waals surface area contributed by atoms with Crippen molar-refractivity contribution in [2.75, 3.05) is 37.7 Å². The zero-order valence-corrected chi connectivity index (χ0v) is 24.6. The number of benzene rings is 2. The number of anilines is 1. The molecule has 0 saturated carbocycles. The summed E-state index contributed by atoms with van der Waals surface area (Å²) in [5.41, 5.74) is 0.689. The Morgan fingerprint density at radius 1 is 1.12 bits per heavy atom. The summed E-state index contributed by atoms with van der Waals surface area (Å²) < 4.78 is 38.4. The van der Waals surface area contributed by atoms with Crippen molar-refractivity contribution in [2.45, 2.75) is 55.9 Å². The molecule has 11 heteroatoms. The molecule has 214 valence electrons. The predicted molar refractivity (Wildman–Crippen MR) is 161 cm³/mol. The third-order valence-electron chi connectivity index (χ3n) is 9.41. The SMILES string of the molecule is Fc1c(-c2cccc3scc(Cl)c23)c(Cl)cc2c(N3CC4CCC(C3)N4)nc(OC[C@@]34CCCN3CC(F)C4)nc12. The minimum absolute atomic E-state index is 0.112. The number of thiophene rings is 1. The summed E-state index contributed by atoms with van der Waals surface area (Å²) in [6.07, 6.45) is 3.65. The summed E-state index contributed by atoms with van der Waals surface area (Å²) in [6, 6.07) is 8.28. The highest BCUT2D eigenvalue weighted by molar-refractivity contribution is 7.18. The summed E-state index contributed by atoms with van der Waals surface area (Å²) in [5, 5.41) is 7.66. The molecule has 4 saturated heterocycles. The van der Waals surface area contributed by atoms with Gasteiger partial charge >= 0.3 is 6.01 Å². The Balaban J connectivity index is 1.27. The van der Waals surface area contributed by atoms with Gasteiger partial charge in [-0.05, 0) is 49.9 Å². The number of alkyl halides is 1. The van der Waals surface area contributed by atoms with Gasteiger partial charge < -0.3 is 15.0 Å². The number of nitrogens with one attached hydrogen (secondary N) is 1. The van der Waals surface area contributed by atoms with E-state index in [4.69, 9.17) is 32.9 Å². The molecule has 4 fully saturated rings. The molecular formula is C30H29Cl2F2N5OS. The number of nitrogens with zero attached hydrogens (tertiary/aromatic N) is 4. The second-order valence-electron chi connectivity index (χ2n) is 11.9. The number of hydrogen-bond acceptors (Lipinski definition) is 7. The number of ether oxygens (including phenoxy) is 1. The molecule has 0 spiro atoms. The molecule has 2 aromatic heterocycles. The first-order valence-electron chi connectivity index (χ1n) is 14.3. The first kappa shape index (κ1) is 26.3. The van der Waals surface area contributed by atoms with E-state index in [0.717, 1.165) is 55.4 Å². The average molecular weight is 617 g/mol. The van der Waals surface area contributed by atoms with Crippen LogP contribution >= 0.6 is 34.5 Å². The lowest BCUT2D eigenvalue weighted by Crippen LogP contribution is -2.51. The third-order valence-corrected chi connectivity index (χ3v) is 11.1. The molecular weight excluding hydrogens is 587 g/mol. The van der Waals surface area contributed by atoms with Crippen LogP contribution in [0.15, 0.2) is 29.6 Å². The number of piperazine rings is 1. The topological polar surface area (TPSA) is 53.5 Å². The summed E-state index contributed by atoms with van der Waals surface area (Å²) in [6.45, 7) is 3.09. The van der Waals surface area contributed by atoms with Crippen molar-refractivity contribution in [1.82, 2.24) is 20.2 Å². The molecule has 4 aromatic rings. The Hall–Kier alpha value is -2.30. The van der Waals surface area contributed by atoms with Gasteiger partial charge in [-0.3, -0.25) is 4.90 Å². The normalized spacial score (nSPS) is 27.8. The van der Waals surface area contributed by atoms with E-state index >= 15 is 4.39 Å². The maximum Gasteiger partial charge on any atom is 0.319 e. The molecule has 6 nitrogen and oxygen atoms in total. The van der Waals surface area contributed by atoms with Crippen molar-refractivity contribution in [2.24, 2.45) is 0 Å². The quantitative estimate of drug-likeness (QED) is 0.265. The zero-order valence-electron chi connectivity index (χ0n) is 22.3. The van der Waals surface area contributed by atoms with Gasteiger partial charge in [0.2, 0.25) is 0 Å². The highest BCUT2D eigenvalue weighted by atomic mass is 35.5. The lowest BCUT2D eigenvalue weighted by atomic mass is 9.95. The molecule has 4 aliphatic rings. The Labute approximate surface area is 250 Å². The second kappa shape index (κ2) is 9.88. The summed E-state index contributed by atoms with van der Waals surface area (Å²) in [7, 11) is 0. The summed E-state index contributed by atoms with van der Waals surface area (Å²) in [5.74, 6) is 0.0947. The first-order chi connectivity index (χ1) is 19.9. The van der Waals surface area contributed by atoms with Crippen molar-refractivity contribution in [3.63, 3.8) is 0 Å². The van der Waals surface area contributed by atoms with Gasteiger partial charge in [-0.2, -0.15) is 9.97 Å². The van der Waals surface area contributed by atoms with Crippen molar-refractivity contribution in [3.05, 3.63) is 45.5 Å². The van der Waals surface area contributed by atoms with Crippen LogP contribution in [0.1, 0.15) is 32.1 Å². The Kier molecular flexibility index (Phi) is 6.34. The van der Waals surface area contributed by atoms with Crippen LogP contribution in [-0.4, -0.2) is 71.4 Å².